The fraction of sp³-hybridized carbons (Fsp3) is 0.615. The zero-order chi connectivity index (χ0) is 12.6. The summed E-state index contributed by atoms with van der Waals surface area (Å²) in [5.74, 6) is 0.706. The lowest BCUT2D eigenvalue weighted by atomic mass is 10.1. The third-order valence-electron chi connectivity index (χ3n) is 2.25. The Morgan fingerprint density at radius 2 is 1.94 bits per heavy atom. The molecule has 0 saturated carbocycles. The molecule has 1 rings (SSSR count). The van der Waals surface area contributed by atoms with Gasteiger partial charge in [0.1, 0.15) is 5.69 Å². The maximum Gasteiger partial charge on any atom is 0.237 e. The number of anilines is 1. The summed E-state index contributed by atoms with van der Waals surface area (Å²) >= 11 is 0. The molecule has 0 bridgehead atoms. The van der Waals surface area contributed by atoms with Crippen LogP contribution in [0.3, 0.4) is 0 Å². The van der Waals surface area contributed by atoms with Crippen LogP contribution in [0.1, 0.15) is 38.3 Å². The molecule has 0 aromatic carbocycles. The minimum Gasteiger partial charge on any atom is -0.476 e. The highest BCUT2D eigenvalue weighted by molar-refractivity contribution is 5.60. The van der Waals surface area contributed by atoms with Crippen LogP contribution in [-0.2, 0) is 0 Å². The molecule has 1 heterocycles. The number of pyridine rings is 1. The summed E-state index contributed by atoms with van der Waals surface area (Å²) in [6.45, 7) is 10.9. The van der Waals surface area contributed by atoms with Crippen LogP contribution in [0.2, 0.25) is 0 Å². The van der Waals surface area contributed by atoms with Gasteiger partial charge in [-0.25, -0.2) is 4.98 Å². The molecule has 92 valence electrons. The lowest BCUT2D eigenvalue weighted by Crippen LogP contribution is -2.04. The first-order chi connectivity index (χ1) is 7.70. The van der Waals surface area contributed by atoms with E-state index >= 15 is 0 Å². The van der Waals surface area contributed by atoms with Gasteiger partial charge >= 0.3 is 0 Å². The molecule has 0 fully saturated rings. The van der Waals surface area contributed by atoms with E-state index in [0.717, 1.165) is 12.1 Å². The predicted octanol–water partition coefficient (Wildman–Crippen LogP) is 3.56. The van der Waals surface area contributed by atoms with Crippen LogP contribution < -0.4 is 10.1 Å². The smallest absolute Gasteiger partial charge is 0.237 e. The topological polar surface area (TPSA) is 34.1 Å². The van der Waals surface area contributed by atoms with Crippen molar-refractivity contribution >= 4 is 5.69 Å². The molecule has 1 aromatic rings. The first kappa shape index (κ1) is 14.8. The second-order valence-electron chi connectivity index (χ2n) is 3.34. The monoisotopic (exact) mass is 224 g/mol. The fourth-order valence-electron chi connectivity index (χ4n) is 1.28. The molecule has 0 saturated heterocycles. The average molecular weight is 224 g/mol. The Hall–Kier alpha value is -1.25. The van der Waals surface area contributed by atoms with E-state index in [4.69, 9.17) is 4.74 Å². The normalized spacial score (nSPS) is 9.12. The van der Waals surface area contributed by atoms with E-state index in [0.29, 0.717) is 12.5 Å². The van der Waals surface area contributed by atoms with E-state index in [9.17, 15) is 0 Å². The quantitative estimate of drug-likeness (QED) is 0.849. The van der Waals surface area contributed by atoms with Gasteiger partial charge in [0.25, 0.3) is 0 Å². The number of hydrogen-bond donors (Lipinski definition) is 1. The fourth-order valence-corrected chi connectivity index (χ4v) is 1.28. The maximum absolute atomic E-state index is 5.54. The van der Waals surface area contributed by atoms with Gasteiger partial charge in [0, 0.05) is 13.2 Å². The van der Waals surface area contributed by atoms with Crippen molar-refractivity contribution in [2.75, 3.05) is 19.0 Å². The predicted molar refractivity (Wildman–Crippen MR) is 70.4 cm³/mol. The van der Waals surface area contributed by atoms with Crippen molar-refractivity contribution in [3.05, 3.63) is 17.3 Å². The van der Waals surface area contributed by atoms with E-state index in [1.807, 2.05) is 34.0 Å². The van der Waals surface area contributed by atoms with E-state index in [1.54, 1.807) is 0 Å². The number of nitrogens with one attached hydrogen (secondary N) is 1. The Bertz CT molecular complexity index is 311. The summed E-state index contributed by atoms with van der Waals surface area (Å²) in [6.07, 6.45) is 2.85. The van der Waals surface area contributed by atoms with Gasteiger partial charge in [-0.1, -0.05) is 20.8 Å². The highest BCUT2D eigenvalue weighted by Gasteiger charge is 2.08. The molecule has 3 heteroatoms. The highest BCUT2D eigenvalue weighted by Crippen LogP contribution is 2.27. The van der Waals surface area contributed by atoms with Crippen LogP contribution in [0.25, 0.3) is 0 Å². The molecule has 0 unspecified atom stereocenters. The zero-order valence-electron chi connectivity index (χ0n) is 11.3. The summed E-state index contributed by atoms with van der Waals surface area (Å²) in [6, 6.07) is 0. The van der Waals surface area contributed by atoms with Crippen LogP contribution in [0.15, 0.2) is 6.20 Å². The van der Waals surface area contributed by atoms with E-state index in [2.05, 4.69) is 24.1 Å². The first-order valence-corrected chi connectivity index (χ1v) is 5.97. The third kappa shape index (κ3) is 3.72. The summed E-state index contributed by atoms with van der Waals surface area (Å²) in [5, 5.41) is 3.13. The van der Waals surface area contributed by atoms with Crippen molar-refractivity contribution in [3.63, 3.8) is 0 Å². The lowest BCUT2D eigenvalue weighted by Gasteiger charge is -2.13. The second-order valence-corrected chi connectivity index (χ2v) is 3.34. The molecule has 3 nitrogen and oxygen atoms in total. The highest BCUT2D eigenvalue weighted by atomic mass is 16.5. The van der Waals surface area contributed by atoms with Crippen molar-refractivity contribution in [3.8, 4) is 5.88 Å². The number of hydrogen-bond acceptors (Lipinski definition) is 3. The molecule has 0 radical (unpaired) electrons. The largest absolute Gasteiger partial charge is 0.476 e. The van der Waals surface area contributed by atoms with Gasteiger partial charge in [0.2, 0.25) is 5.88 Å². The second kappa shape index (κ2) is 7.97. The molecule has 0 aliphatic heterocycles. The van der Waals surface area contributed by atoms with Crippen LogP contribution in [0.5, 0.6) is 5.88 Å². The van der Waals surface area contributed by atoms with Crippen LogP contribution in [0.4, 0.5) is 5.69 Å². The Balaban J connectivity index is 0.00000106. The van der Waals surface area contributed by atoms with Crippen molar-refractivity contribution in [1.82, 2.24) is 4.98 Å². The molecule has 0 atom stereocenters. The molecule has 16 heavy (non-hydrogen) atoms. The van der Waals surface area contributed by atoms with E-state index in [1.165, 1.54) is 11.1 Å². The average Bonchev–Trinajstić information content (AvgIpc) is 2.33. The van der Waals surface area contributed by atoms with Gasteiger partial charge in [0.05, 0.1) is 6.61 Å². The van der Waals surface area contributed by atoms with Crippen LogP contribution in [-0.4, -0.2) is 18.6 Å². The molecule has 0 amide bonds. The van der Waals surface area contributed by atoms with Gasteiger partial charge in [-0.2, -0.15) is 0 Å². The third-order valence-corrected chi connectivity index (χ3v) is 2.25. The van der Waals surface area contributed by atoms with Gasteiger partial charge in [-0.15, -0.1) is 0 Å². The number of ether oxygens (including phenoxy) is 1. The molecule has 1 aromatic heterocycles. The van der Waals surface area contributed by atoms with Gasteiger partial charge in [0.15, 0.2) is 0 Å². The minimum atomic E-state index is 0.706. The molecule has 0 aliphatic rings. The zero-order valence-corrected chi connectivity index (χ0v) is 11.3. The number of rotatable bonds is 4. The van der Waals surface area contributed by atoms with Crippen LogP contribution in [0, 0.1) is 13.8 Å². The van der Waals surface area contributed by atoms with E-state index in [-0.39, 0.29) is 0 Å². The summed E-state index contributed by atoms with van der Waals surface area (Å²) < 4.78 is 5.54. The Morgan fingerprint density at radius 3 is 2.44 bits per heavy atom. The molecular formula is C13H24N2O. The summed E-state index contributed by atoms with van der Waals surface area (Å²) in [4.78, 5) is 4.26. The number of nitrogens with zero attached hydrogens (tertiary/aromatic N) is 1. The van der Waals surface area contributed by atoms with Crippen molar-refractivity contribution in [2.24, 2.45) is 0 Å². The van der Waals surface area contributed by atoms with Crippen LogP contribution >= 0.6 is 0 Å². The summed E-state index contributed by atoms with van der Waals surface area (Å²) in [5.41, 5.74) is 3.38. The van der Waals surface area contributed by atoms with Crippen molar-refractivity contribution in [1.29, 1.82) is 0 Å². The van der Waals surface area contributed by atoms with E-state index < -0.39 is 0 Å². The Morgan fingerprint density at radius 1 is 1.31 bits per heavy atom. The summed E-state index contributed by atoms with van der Waals surface area (Å²) in [7, 11) is 1.89. The van der Waals surface area contributed by atoms with Gasteiger partial charge in [-0.05, 0) is 31.4 Å². The van der Waals surface area contributed by atoms with Crippen molar-refractivity contribution < 1.29 is 4.74 Å². The van der Waals surface area contributed by atoms with Crippen molar-refractivity contribution in [2.45, 2.75) is 41.0 Å². The Labute approximate surface area is 99.2 Å². The minimum absolute atomic E-state index is 0.706. The molecular weight excluding hydrogens is 200 g/mol. The Kier molecular flexibility index (Phi) is 7.34. The molecule has 1 N–H and O–H groups in total. The lowest BCUT2D eigenvalue weighted by molar-refractivity contribution is 0.306. The van der Waals surface area contributed by atoms with Gasteiger partial charge < -0.3 is 10.1 Å². The number of aryl methyl sites for hydroxylation is 1. The SMILES string of the molecule is CC.CCCOc1ncc(C)c(C)c1NC. The molecule has 0 aliphatic carbocycles. The van der Waals surface area contributed by atoms with Gasteiger partial charge in [-0.3, -0.25) is 0 Å². The standard InChI is InChI=1S/C11H18N2O.C2H6/c1-5-6-14-11-10(12-4)9(3)8(2)7-13-11;1-2/h7,12H,5-6H2,1-4H3;1-2H3. The number of aromatic nitrogens is 1. The first-order valence-electron chi connectivity index (χ1n) is 5.97. The maximum atomic E-state index is 5.54. The molecule has 0 spiro atoms.